The van der Waals surface area contributed by atoms with E-state index in [4.69, 9.17) is 15.2 Å². The largest absolute Gasteiger partial charge is 0.458 e. The van der Waals surface area contributed by atoms with Crippen LogP contribution in [0.25, 0.3) is 10.8 Å². The fourth-order valence-electron chi connectivity index (χ4n) is 6.77. The smallest absolute Gasteiger partial charge is 0.407 e. The molecule has 5 rings (SSSR count). The number of nitrogens with two attached hydrogens (primary N) is 1. The standard InChI is InChI=1S/C43H50FN5O7/c1-42(2,3)56-40(53)43(45,33-18-20-34(44)21-19-33)26-37(50)49-24-23-48(27-35(38(51)46-4)32-17-16-30-13-8-9-14-31(30)25-32)39(52)36(49)15-10-22-47-41(54)55-28-29-11-6-5-7-12-29/h5-9,11-14,16-21,25,35-36H,10,15,22-24,26-28,45H2,1-4H3,(H,46,51)(H,47,54). The summed E-state index contributed by atoms with van der Waals surface area (Å²) in [5.74, 6) is -3.40. The Hall–Kier alpha value is -5.82. The molecule has 4 amide bonds. The van der Waals surface area contributed by atoms with Crippen molar-refractivity contribution in [2.24, 2.45) is 5.73 Å². The minimum absolute atomic E-state index is 0.0494. The van der Waals surface area contributed by atoms with Crippen molar-refractivity contribution in [2.75, 3.05) is 33.2 Å². The molecule has 3 unspecified atom stereocenters. The molecule has 0 aromatic heterocycles. The molecule has 13 heteroatoms. The van der Waals surface area contributed by atoms with Crippen molar-refractivity contribution < 1.29 is 37.8 Å². The van der Waals surface area contributed by atoms with Crippen LogP contribution in [-0.4, -0.2) is 84.5 Å². The summed E-state index contributed by atoms with van der Waals surface area (Å²) in [5, 5.41) is 7.38. The molecule has 1 aliphatic rings. The highest BCUT2D eigenvalue weighted by Crippen LogP contribution is 2.30. The first-order valence-corrected chi connectivity index (χ1v) is 18.7. The van der Waals surface area contributed by atoms with E-state index in [2.05, 4.69) is 10.6 Å². The van der Waals surface area contributed by atoms with Crippen LogP contribution in [0.4, 0.5) is 9.18 Å². The van der Waals surface area contributed by atoms with Gasteiger partial charge in [-0.2, -0.15) is 0 Å². The van der Waals surface area contributed by atoms with Gasteiger partial charge < -0.3 is 35.6 Å². The molecule has 0 aliphatic carbocycles. The van der Waals surface area contributed by atoms with Crippen LogP contribution >= 0.6 is 0 Å². The van der Waals surface area contributed by atoms with Crippen LogP contribution in [0.3, 0.4) is 0 Å². The fraction of sp³-hybridized carbons (Fsp3) is 0.372. The molecule has 0 saturated carbocycles. The zero-order valence-electron chi connectivity index (χ0n) is 32.3. The average Bonchev–Trinajstić information content (AvgIpc) is 3.18. The molecule has 56 heavy (non-hydrogen) atoms. The van der Waals surface area contributed by atoms with Gasteiger partial charge in [-0.15, -0.1) is 0 Å². The van der Waals surface area contributed by atoms with Crippen LogP contribution in [-0.2, 0) is 40.8 Å². The van der Waals surface area contributed by atoms with Crippen molar-refractivity contribution in [3.63, 3.8) is 0 Å². The molecular weight excluding hydrogens is 717 g/mol. The van der Waals surface area contributed by atoms with E-state index >= 15 is 0 Å². The summed E-state index contributed by atoms with van der Waals surface area (Å²) in [4.78, 5) is 71.2. The molecule has 4 N–H and O–H groups in total. The number of hydrogen-bond acceptors (Lipinski definition) is 8. The highest BCUT2D eigenvalue weighted by molar-refractivity contribution is 5.94. The maximum Gasteiger partial charge on any atom is 0.407 e. The number of fused-ring (bicyclic) bond motifs is 1. The third-order valence-corrected chi connectivity index (χ3v) is 9.73. The van der Waals surface area contributed by atoms with E-state index in [1.54, 1.807) is 32.7 Å². The normalized spacial score (nSPS) is 16.1. The number of benzene rings is 4. The molecule has 1 aliphatic heterocycles. The Morgan fingerprint density at radius 3 is 2.27 bits per heavy atom. The topological polar surface area (TPSA) is 160 Å². The Morgan fingerprint density at radius 2 is 1.59 bits per heavy atom. The number of hydrogen-bond donors (Lipinski definition) is 3. The number of likely N-dealkylation sites (N-methyl/N-ethyl adjacent to an activating group) is 1. The van der Waals surface area contributed by atoms with Crippen molar-refractivity contribution in [1.29, 1.82) is 0 Å². The second-order valence-electron chi connectivity index (χ2n) is 14.9. The lowest BCUT2D eigenvalue weighted by Gasteiger charge is -2.43. The first kappa shape index (κ1) is 41.3. The highest BCUT2D eigenvalue weighted by atomic mass is 19.1. The lowest BCUT2D eigenvalue weighted by Crippen LogP contribution is -2.61. The molecule has 0 radical (unpaired) electrons. The molecule has 1 fully saturated rings. The third-order valence-electron chi connectivity index (χ3n) is 9.73. The molecule has 1 heterocycles. The van der Waals surface area contributed by atoms with Gasteiger partial charge in [-0.25, -0.2) is 14.0 Å². The molecule has 3 atom stereocenters. The molecule has 12 nitrogen and oxygen atoms in total. The van der Waals surface area contributed by atoms with Crippen molar-refractivity contribution in [2.45, 2.75) is 69.7 Å². The van der Waals surface area contributed by atoms with Crippen molar-refractivity contribution in [1.82, 2.24) is 20.4 Å². The number of esters is 1. The minimum atomic E-state index is -2.01. The Morgan fingerprint density at radius 1 is 0.911 bits per heavy atom. The molecular formula is C43H50FN5O7. The van der Waals surface area contributed by atoms with Gasteiger partial charge in [0.2, 0.25) is 17.7 Å². The quantitative estimate of drug-likeness (QED) is 0.118. The minimum Gasteiger partial charge on any atom is -0.458 e. The zero-order valence-corrected chi connectivity index (χ0v) is 32.3. The molecule has 0 bridgehead atoms. The lowest BCUT2D eigenvalue weighted by atomic mass is 9.86. The number of alkyl carbamates (subject to hydrolysis) is 1. The van der Waals surface area contributed by atoms with Crippen LogP contribution in [0.2, 0.25) is 0 Å². The summed E-state index contributed by atoms with van der Waals surface area (Å²) in [6.07, 6.45) is -0.775. The van der Waals surface area contributed by atoms with Gasteiger partial charge in [0, 0.05) is 33.2 Å². The number of nitrogens with one attached hydrogen (secondary N) is 2. The predicted octanol–water partition coefficient (Wildman–Crippen LogP) is 5.14. The van der Waals surface area contributed by atoms with Crippen LogP contribution < -0.4 is 16.4 Å². The first-order valence-electron chi connectivity index (χ1n) is 18.7. The Kier molecular flexibility index (Phi) is 13.4. The van der Waals surface area contributed by atoms with Gasteiger partial charge in [0.05, 0.1) is 12.3 Å². The number of rotatable bonds is 14. The van der Waals surface area contributed by atoms with Gasteiger partial charge >= 0.3 is 12.1 Å². The number of carbonyl (C=O) groups excluding carboxylic acids is 5. The van der Waals surface area contributed by atoms with Gasteiger partial charge in [-0.05, 0) is 73.2 Å². The summed E-state index contributed by atoms with van der Waals surface area (Å²) >= 11 is 0. The van der Waals surface area contributed by atoms with Crippen LogP contribution in [0.1, 0.15) is 62.6 Å². The van der Waals surface area contributed by atoms with E-state index in [1.807, 2.05) is 72.8 Å². The molecule has 4 aromatic carbocycles. The lowest BCUT2D eigenvalue weighted by molar-refractivity contribution is -0.165. The maximum absolute atomic E-state index is 14.4. The van der Waals surface area contributed by atoms with Crippen LogP contribution in [0.15, 0.2) is 97.1 Å². The second kappa shape index (κ2) is 18.2. The summed E-state index contributed by atoms with van der Waals surface area (Å²) in [7, 11) is 1.54. The zero-order chi connectivity index (χ0) is 40.5. The number of halogens is 1. The van der Waals surface area contributed by atoms with Gasteiger partial charge in [0.25, 0.3) is 0 Å². The van der Waals surface area contributed by atoms with E-state index in [0.29, 0.717) is 0 Å². The summed E-state index contributed by atoms with van der Waals surface area (Å²) in [6, 6.07) is 26.7. The summed E-state index contributed by atoms with van der Waals surface area (Å²) < 4.78 is 24.9. The highest BCUT2D eigenvalue weighted by Gasteiger charge is 2.46. The Balaban J connectivity index is 1.37. The van der Waals surface area contributed by atoms with Gasteiger partial charge in [-0.3, -0.25) is 14.4 Å². The summed E-state index contributed by atoms with van der Waals surface area (Å²) in [5.41, 5.74) is 5.51. The van der Waals surface area contributed by atoms with Crippen molar-refractivity contribution in [3.8, 4) is 0 Å². The number of amides is 4. The van der Waals surface area contributed by atoms with Crippen molar-refractivity contribution in [3.05, 3.63) is 120 Å². The Bertz CT molecular complexity index is 2020. The van der Waals surface area contributed by atoms with Crippen LogP contribution in [0, 0.1) is 5.82 Å². The number of nitrogens with zero attached hydrogens (tertiary/aromatic N) is 2. The van der Waals surface area contributed by atoms with E-state index in [0.717, 1.165) is 34.0 Å². The molecule has 0 spiro atoms. The average molecular weight is 768 g/mol. The van der Waals surface area contributed by atoms with Crippen molar-refractivity contribution >= 4 is 40.6 Å². The second-order valence-corrected chi connectivity index (χ2v) is 14.9. The molecule has 4 aromatic rings. The van der Waals surface area contributed by atoms with E-state index in [1.165, 1.54) is 17.0 Å². The number of piperazine rings is 1. The monoisotopic (exact) mass is 767 g/mol. The molecule has 296 valence electrons. The Labute approximate surface area is 326 Å². The maximum atomic E-state index is 14.4. The van der Waals surface area contributed by atoms with Gasteiger partial charge in [0.1, 0.15) is 29.6 Å². The first-order chi connectivity index (χ1) is 26.7. The summed E-state index contributed by atoms with van der Waals surface area (Å²) in [6.45, 7) is 5.46. The van der Waals surface area contributed by atoms with E-state index in [-0.39, 0.29) is 57.1 Å². The number of carbonyl (C=O) groups is 5. The predicted molar refractivity (Wildman–Crippen MR) is 209 cm³/mol. The number of ether oxygens (including phenoxy) is 2. The third kappa shape index (κ3) is 10.5. The fourth-order valence-corrected chi connectivity index (χ4v) is 6.77. The van der Waals surface area contributed by atoms with Gasteiger partial charge in [0.15, 0.2) is 0 Å². The van der Waals surface area contributed by atoms with E-state index in [9.17, 15) is 28.4 Å². The van der Waals surface area contributed by atoms with E-state index < -0.39 is 59.2 Å². The molecule has 1 saturated heterocycles. The van der Waals surface area contributed by atoms with Crippen LogP contribution in [0.5, 0.6) is 0 Å². The van der Waals surface area contributed by atoms with Gasteiger partial charge in [-0.1, -0.05) is 84.9 Å². The SMILES string of the molecule is CNC(=O)C(CN1CCN(C(=O)CC(N)(C(=O)OC(C)(C)C)c2ccc(F)cc2)C(CCCNC(=O)OCc2ccccc2)C1=O)c1ccc2ccccc2c1.